The van der Waals surface area contributed by atoms with Crippen LogP contribution in [0.4, 0.5) is 0 Å². The van der Waals surface area contributed by atoms with Crippen LogP contribution in [0, 0.1) is 0 Å². The van der Waals surface area contributed by atoms with Crippen LogP contribution in [0.25, 0.3) is 0 Å². The van der Waals surface area contributed by atoms with Crippen molar-refractivity contribution < 1.29 is 4.74 Å². The van der Waals surface area contributed by atoms with Gasteiger partial charge in [0.25, 0.3) is 0 Å². The Bertz CT molecular complexity index is 462. The molecule has 1 fully saturated rings. The van der Waals surface area contributed by atoms with Crippen molar-refractivity contribution in [1.29, 1.82) is 0 Å². The zero-order valence-electron chi connectivity index (χ0n) is 14.3. The molecule has 0 aliphatic carbocycles. The molecule has 0 atom stereocenters. The van der Waals surface area contributed by atoms with Gasteiger partial charge >= 0.3 is 0 Å². The molecular weight excluding hydrogens is 294 g/mol. The maximum atomic E-state index is 5.72. The number of aliphatic imine (C=N–C) groups is 1. The molecule has 0 saturated carbocycles. The summed E-state index contributed by atoms with van der Waals surface area (Å²) in [7, 11) is 1.87. The fourth-order valence-corrected chi connectivity index (χ4v) is 3.71. The van der Waals surface area contributed by atoms with Crippen molar-refractivity contribution in [2.24, 2.45) is 4.99 Å². The SMILES string of the molecule is CCOC1CCN(C(=NC)NCC(C)(C)c2cccs2)CC1. The molecule has 4 nitrogen and oxygen atoms in total. The van der Waals surface area contributed by atoms with E-state index in [2.05, 4.69) is 53.5 Å². The van der Waals surface area contributed by atoms with Gasteiger partial charge in [-0.1, -0.05) is 19.9 Å². The first kappa shape index (κ1) is 17.3. The van der Waals surface area contributed by atoms with E-state index < -0.39 is 0 Å². The highest BCUT2D eigenvalue weighted by Gasteiger charge is 2.25. The number of nitrogens with zero attached hydrogens (tertiary/aromatic N) is 2. The van der Waals surface area contributed by atoms with Crippen LogP contribution in [0.2, 0.25) is 0 Å². The Labute approximate surface area is 138 Å². The van der Waals surface area contributed by atoms with E-state index >= 15 is 0 Å². The maximum Gasteiger partial charge on any atom is 0.193 e. The van der Waals surface area contributed by atoms with Gasteiger partial charge in [0.05, 0.1) is 6.10 Å². The normalized spacial score (nSPS) is 17.8. The van der Waals surface area contributed by atoms with E-state index in [-0.39, 0.29) is 5.41 Å². The molecule has 2 rings (SSSR count). The van der Waals surface area contributed by atoms with Crippen LogP contribution in [0.1, 0.15) is 38.5 Å². The molecule has 5 heteroatoms. The summed E-state index contributed by atoms with van der Waals surface area (Å²) >= 11 is 1.82. The molecule has 1 aliphatic rings. The van der Waals surface area contributed by atoms with Crippen molar-refractivity contribution in [1.82, 2.24) is 10.2 Å². The number of thiophene rings is 1. The van der Waals surface area contributed by atoms with Gasteiger partial charge in [-0.05, 0) is 31.2 Å². The van der Waals surface area contributed by atoms with Gasteiger partial charge in [-0.2, -0.15) is 0 Å². The van der Waals surface area contributed by atoms with Gasteiger partial charge in [0, 0.05) is 43.6 Å². The van der Waals surface area contributed by atoms with Gasteiger partial charge in [-0.15, -0.1) is 11.3 Å². The van der Waals surface area contributed by atoms with Crippen LogP contribution >= 0.6 is 11.3 Å². The zero-order valence-corrected chi connectivity index (χ0v) is 15.1. The van der Waals surface area contributed by atoms with Crippen molar-refractivity contribution in [3.8, 4) is 0 Å². The van der Waals surface area contributed by atoms with Crippen molar-refractivity contribution in [3.05, 3.63) is 22.4 Å². The number of guanidine groups is 1. The van der Waals surface area contributed by atoms with Crippen molar-refractivity contribution >= 4 is 17.3 Å². The smallest absolute Gasteiger partial charge is 0.193 e. The Morgan fingerprint density at radius 3 is 2.73 bits per heavy atom. The van der Waals surface area contributed by atoms with Gasteiger partial charge in [-0.25, -0.2) is 0 Å². The topological polar surface area (TPSA) is 36.9 Å². The van der Waals surface area contributed by atoms with E-state index in [0.29, 0.717) is 6.10 Å². The lowest BCUT2D eigenvalue weighted by Gasteiger charge is -2.35. The molecule has 0 bridgehead atoms. The van der Waals surface area contributed by atoms with Gasteiger partial charge in [-0.3, -0.25) is 4.99 Å². The molecule has 1 aromatic heterocycles. The molecule has 0 unspecified atom stereocenters. The van der Waals surface area contributed by atoms with Crippen molar-refractivity contribution in [2.75, 3.05) is 33.3 Å². The number of ether oxygens (including phenoxy) is 1. The minimum Gasteiger partial charge on any atom is -0.378 e. The Hall–Kier alpha value is -1.07. The third-order valence-electron chi connectivity index (χ3n) is 4.23. The van der Waals surface area contributed by atoms with Gasteiger partial charge in [0.15, 0.2) is 5.96 Å². The molecule has 1 N–H and O–H groups in total. The summed E-state index contributed by atoms with van der Waals surface area (Å²) in [6, 6.07) is 4.33. The number of hydrogen-bond acceptors (Lipinski definition) is 3. The van der Waals surface area contributed by atoms with Gasteiger partial charge < -0.3 is 15.0 Å². The van der Waals surface area contributed by atoms with Crippen LogP contribution in [0.15, 0.2) is 22.5 Å². The molecule has 0 aromatic carbocycles. The summed E-state index contributed by atoms with van der Waals surface area (Å²) in [5, 5.41) is 5.70. The second-order valence-electron chi connectivity index (χ2n) is 6.40. The highest BCUT2D eigenvalue weighted by atomic mass is 32.1. The highest BCUT2D eigenvalue weighted by molar-refractivity contribution is 7.10. The minimum absolute atomic E-state index is 0.119. The lowest BCUT2D eigenvalue weighted by molar-refractivity contribution is 0.0263. The van der Waals surface area contributed by atoms with E-state index in [1.165, 1.54) is 4.88 Å². The molecule has 0 spiro atoms. The molecule has 2 heterocycles. The van der Waals surface area contributed by atoms with E-state index in [0.717, 1.165) is 45.0 Å². The Morgan fingerprint density at radius 2 is 2.18 bits per heavy atom. The first-order chi connectivity index (χ1) is 10.6. The third kappa shape index (κ3) is 4.46. The monoisotopic (exact) mass is 323 g/mol. The fourth-order valence-electron chi connectivity index (χ4n) is 2.85. The first-order valence-corrected chi connectivity index (χ1v) is 9.06. The molecule has 1 aromatic rings. The number of rotatable bonds is 5. The summed E-state index contributed by atoms with van der Waals surface area (Å²) in [6.45, 7) is 10.4. The third-order valence-corrected chi connectivity index (χ3v) is 5.47. The molecule has 22 heavy (non-hydrogen) atoms. The lowest BCUT2D eigenvalue weighted by Crippen LogP contribution is -2.49. The Morgan fingerprint density at radius 1 is 1.45 bits per heavy atom. The lowest BCUT2D eigenvalue weighted by atomic mass is 9.91. The van der Waals surface area contributed by atoms with Crippen LogP contribution in [-0.4, -0.2) is 50.3 Å². The predicted octanol–water partition coefficient (Wildman–Crippen LogP) is 3.10. The number of likely N-dealkylation sites (tertiary alicyclic amines) is 1. The second kappa shape index (κ2) is 7.97. The van der Waals surface area contributed by atoms with Crippen LogP contribution in [0.3, 0.4) is 0 Å². The van der Waals surface area contributed by atoms with Crippen molar-refractivity contribution in [3.63, 3.8) is 0 Å². The van der Waals surface area contributed by atoms with Crippen molar-refractivity contribution in [2.45, 2.75) is 45.1 Å². The largest absolute Gasteiger partial charge is 0.378 e. The number of piperidine rings is 1. The fraction of sp³-hybridized carbons (Fsp3) is 0.706. The molecular formula is C17H29N3OS. The molecule has 0 amide bonds. The molecule has 124 valence electrons. The standard InChI is InChI=1S/C17H29N3OS/c1-5-21-14-8-10-20(11-9-14)16(18-4)19-13-17(2,3)15-7-6-12-22-15/h6-7,12,14H,5,8-11,13H2,1-4H3,(H,18,19). The summed E-state index contributed by atoms with van der Waals surface area (Å²) in [5.41, 5.74) is 0.119. The van der Waals surface area contributed by atoms with E-state index in [4.69, 9.17) is 4.74 Å². The predicted molar refractivity (Wildman–Crippen MR) is 94.9 cm³/mol. The average molecular weight is 324 g/mol. The summed E-state index contributed by atoms with van der Waals surface area (Å²) in [6.07, 6.45) is 2.59. The summed E-state index contributed by atoms with van der Waals surface area (Å²) in [4.78, 5) is 8.22. The molecule has 1 saturated heterocycles. The quantitative estimate of drug-likeness (QED) is 0.668. The van der Waals surface area contributed by atoms with E-state index in [1.54, 1.807) is 0 Å². The number of nitrogens with one attached hydrogen (secondary N) is 1. The summed E-state index contributed by atoms with van der Waals surface area (Å²) in [5.74, 6) is 1.01. The van der Waals surface area contributed by atoms with Gasteiger partial charge in [0.2, 0.25) is 0 Å². The Kier molecular flexibility index (Phi) is 6.26. The van der Waals surface area contributed by atoms with E-state index in [9.17, 15) is 0 Å². The van der Waals surface area contributed by atoms with Crippen LogP contribution in [0.5, 0.6) is 0 Å². The first-order valence-electron chi connectivity index (χ1n) is 8.18. The van der Waals surface area contributed by atoms with E-state index in [1.807, 2.05) is 18.4 Å². The number of hydrogen-bond donors (Lipinski definition) is 1. The van der Waals surface area contributed by atoms with Crippen LogP contribution < -0.4 is 5.32 Å². The zero-order chi connectivity index (χ0) is 16.0. The summed E-state index contributed by atoms with van der Waals surface area (Å²) < 4.78 is 5.72. The Balaban J connectivity index is 1.86. The minimum atomic E-state index is 0.119. The maximum absolute atomic E-state index is 5.72. The average Bonchev–Trinajstić information content (AvgIpc) is 3.05. The molecule has 1 aliphatic heterocycles. The highest BCUT2D eigenvalue weighted by Crippen LogP contribution is 2.26. The van der Waals surface area contributed by atoms with Crippen LogP contribution in [-0.2, 0) is 10.2 Å². The van der Waals surface area contributed by atoms with Gasteiger partial charge in [0.1, 0.15) is 0 Å². The molecule has 0 radical (unpaired) electrons. The second-order valence-corrected chi connectivity index (χ2v) is 7.35.